The summed E-state index contributed by atoms with van der Waals surface area (Å²) in [6, 6.07) is 17.7. The molecule has 2 amide bonds. The molecule has 5 heteroatoms. The molecule has 3 rings (SSSR count). The van der Waals surface area contributed by atoms with Gasteiger partial charge in [0.1, 0.15) is 0 Å². The first-order chi connectivity index (χ1) is 12.5. The van der Waals surface area contributed by atoms with Crippen molar-refractivity contribution in [1.82, 2.24) is 5.32 Å². The fourth-order valence-electron chi connectivity index (χ4n) is 2.96. The SMILES string of the molecule is CN(C)c1ccc(NC(=O)C2CC2C(=O)NCCc2ccccc2)cc1. The first-order valence-electron chi connectivity index (χ1n) is 8.94. The van der Waals surface area contributed by atoms with Gasteiger partial charge in [0.25, 0.3) is 0 Å². The molecule has 26 heavy (non-hydrogen) atoms. The molecule has 0 aliphatic heterocycles. The molecule has 2 aromatic carbocycles. The third-order valence-electron chi connectivity index (χ3n) is 4.67. The Morgan fingerprint density at radius 1 is 0.962 bits per heavy atom. The summed E-state index contributed by atoms with van der Waals surface area (Å²) in [5, 5.41) is 5.84. The van der Waals surface area contributed by atoms with E-state index >= 15 is 0 Å². The van der Waals surface area contributed by atoms with Crippen LogP contribution in [-0.2, 0) is 16.0 Å². The monoisotopic (exact) mass is 351 g/mol. The van der Waals surface area contributed by atoms with Crippen LogP contribution in [0.4, 0.5) is 11.4 Å². The molecule has 0 aromatic heterocycles. The Balaban J connectivity index is 1.42. The number of hydrogen-bond acceptors (Lipinski definition) is 3. The van der Waals surface area contributed by atoms with Crippen molar-refractivity contribution in [3.05, 3.63) is 60.2 Å². The number of hydrogen-bond donors (Lipinski definition) is 2. The van der Waals surface area contributed by atoms with Crippen LogP contribution in [0.5, 0.6) is 0 Å². The molecule has 1 saturated carbocycles. The van der Waals surface area contributed by atoms with Gasteiger partial charge >= 0.3 is 0 Å². The Morgan fingerprint density at radius 2 is 1.62 bits per heavy atom. The summed E-state index contributed by atoms with van der Waals surface area (Å²) in [6.45, 7) is 0.597. The van der Waals surface area contributed by atoms with Gasteiger partial charge in [-0.3, -0.25) is 9.59 Å². The van der Waals surface area contributed by atoms with Crippen molar-refractivity contribution < 1.29 is 9.59 Å². The molecule has 2 atom stereocenters. The van der Waals surface area contributed by atoms with Crippen LogP contribution in [0.25, 0.3) is 0 Å². The molecule has 0 saturated heterocycles. The van der Waals surface area contributed by atoms with E-state index in [1.54, 1.807) is 0 Å². The summed E-state index contributed by atoms with van der Waals surface area (Å²) in [4.78, 5) is 26.5. The Bertz CT molecular complexity index is 757. The minimum atomic E-state index is -0.222. The van der Waals surface area contributed by atoms with E-state index in [4.69, 9.17) is 0 Å². The Hall–Kier alpha value is -2.82. The number of anilines is 2. The molecule has 0 bridgehead atoms. The third-order valence-corrected chi connectivity index (χ3v) is 4.67. The number of nitrogens with one attached hydrogen (secondary N) is 2. The van der Waals surface area contributed by atoms with Crippen molar-refractivity contribution in [3.8, 4) is 0 Å². The molecular formula is C21H25N3O2. The van der Waals surface area contributed by atoms with E-state index in [9.17, 15) is 9.59 Å². The average Bonchev–Trinajstić information content (AvgIpc) is 3.44. The van der Waals surface area contributed by atoms with Crippen LogP contribution in [0.2, 0.25) is 0 Å². The normalized spacial score (nSPS) is 18.1. The predicted molar refractivity (Wildman–Crippen MR) is 104 cm³/mol. The van der Waals surface area contributed by atoms with E-state index in [-0.39, 0.29) is 23.7 Å². The van der Waals surface area contributed by atoms with Crippen molar-refractivity contribution in [1.29, 1.82) is 0 Å². The second kappa shape index (κ2) is 8.04. The first kappa shape index (κ1) is 18.0. The molecule has 1 aliphatic rings. The zero-order valence-electron chi connectivity index (χ0n) is 15.2. The molecule has 2 aromatic rings. The lowest BCUT2D eigenvalue weighted by Gasteiger charge is -2.13. The van der Waals surface area contributed by atoms with Crippen LogP contribution in [0.1, 0.15) is 12.0 Å². The molecule has 1 aliphatic carbocycles. The zero-order valence-corrected chi connectivity index (χ0v) is 15.2. The number of nitrogens with zero attached hydrogens (tertiary/aromatic N) is 1. The topological polar surface area (TPSA) is 61.4 Å². The van der Waals surface area contributed by atoms with E-state index in [1.165, 1.54) is 5.56 Å². The minimum absolute atomic E-state index is 0.0240. The summed E-state index contributed by atoms with van der Waals surface area (Å²) in [6.07, 6.45) is 1.42. The maximum absolute atomic E-state index is 12.3. The molecule has 136 valence electrons. The molecular weight excluding hydrogens is 326 g/mol. The summed E-state index contributed by atoms with van der Waals surface area (Å²) in [5.74, 6) is -0.526. The van der Waals surface area contributed by atoms with Gasteiger partial charge in [-0.2, -0.15) is 0 Å². The van der Waals surface area contributed by atoms with Gasteiger partial charge in [-0.05, 0) is 42.7 Å². The molecule has 0 radical (unpaired) electrons. The van der Waals surface area contributed by atoms with Gasteiger partial charge in [-0.15, -0.1) is 0 Å². The second-order valence-electron chi connectivity index (χ2n) is 6.91. The van der Waals surface area contributed by atoms with E-state index < -0.39 is 0 Å². The highest BCUT2D eigenvalue weighted by molar-refractivity contribution is 5.99. The van der Waals surface area contributed by atoms with Gasteiger partial charge in [0, 0.05) is 32.0 Å². The van der Waals surface area contributed by atoms with Crippen LogP contribution < -0.4 is 15.5 Å². The molecule has 0 spiro atoms. The summed E-state index contributed by atoms with van der Waals surface area (Å²) >= 11 is 0. The van der Waals surface area contributed by atoms with E-state index in [1.807, 2.05) is 73.6 Å². The smallest absolute Gasteiger partial charge is 0.228 e. The van der Waals surface area contributed by atoms with Gasteiger partial charge in [0.2, 0.25) is 11.8 Å². The minimum Gasteiger partial charge on any atom is -0.378 e. The maximum Gasteiger partial charge on any atom is 0.228 e. The lowest BCUT2D eigenvalue weighted by molar-refractivity contribution is -0.125. The zero-order chi connectivity index (χ0) is 18.5. The lowest BCUT2D eigenvalue weighted by Crippen LogP contribution is -2.29. The first-order valence-corrected chi connectivity index (χ1v) is 8.94. The van der Waals surface area contributed by atoms with Gasteiger partial charge in [0.05, 0.1) is 11.8 Å². The predicted octanol–water partition coefficient (Wildman–Crippen LogP) is 2.69. The van der Waals surface area contributed by atoms with Crippen molar-refractivity contribution >= 4 is 23.2 Å². The van der Waals surface area contributed by atoms with E-state index in [0.717, 1.165) is 17.8 Å². The number of carbonyl (C=O) groups excluding carboxylic acids is 2. The van der Waals surface area contributed by atoms with Crippen LogP contribution in [-0.4, -0.2) is 32.5 Å². The van der Waals surface area contributed by atoms with Crippen LogP contribution in [0.15, 0.2) is 54.6 Å². The lowest BCUT2D eigenvalue weighted by atomic mass is 10.1. The van der Waals surface area contributed by atoms with E-state index in [2.05, 4.69) is 10.6 Å². The van der Waals surface area contributed by atoms with Crippen molar-refractivity contribution in [2.75, 3.05) is 30.9 Å². The number of carbonyl (C=O) groups is 2. The van der Waals surface area contributed by atoms with Crippen molar-refractivity contribution in [3.63, 3.8) is 0 Å². The number of amides is 2. The molecule has 5 nitrogen and oxygen atoms in total. The third kappa shape index (κ3) is 4.63. The van der Waals surface area contributed by atoms with Crippen LogP contribution >= 0.6 is 0 Å². The Labute approximate surface area is 154 Å². The Morgan fingerprint density at radius 3 is 2.27 bits per heavy atom. The highest BCUT2D eigenvalue weighted by Gasteiger charge is 2.47. The average molecular weight is 351 g/mol. The fourth-order valence-corrected chi connectivity index (χ4v) is 2.96. The van der Waals surface area contributed by atoms with Crippen LogP contribution in [0.3, 0.4) is 0 Å². The quantitative estimate of drug-likeness (QED) is 0.806. The van der Waals surface area contributed by atoms with Crippen LogP contribution in [0, 0.1) is 11.8 Å². The van der Waals surface area contributed by atoms with Crippen molar-refractivity contribution in [2.45, 2.75) is 12.8 Å². The summed E-state index contributed by atoms with van der Waals surface area (Å²) < 4.78 is 0. The highest BCUT2D eigenvalue weighted by Crippen LogP contribution is 2.39. The second-order valence-corrected chi connectivity index (χ2v) is 6.91. The molecule has 1 fully saturated rings. The van der Waals surface area contributed by atoms with E-state index in [0.29, 0.717) is 13.0 Å². The number of rotatable bonds is 7. The molecule has 2 N–H and O–H groups in total. The van der Waals surface area contributed by atoms with Gasteiger partial charge in [0.15, 0.2) is 0 Å². The largest absolute Gasteiger partial charge is 0.378 e. The summed E-state index contributed by atoms with van der Waals surface area (Å²) in [5.41, 5.74) is 3.03. The molecule has 0 heterocycles. The van der Waals surface area contributed by atoms with Gasteiger partial charge < -0.3 is 15.5 Å². The number of benzene rings is 2. The van der Waals surface area contributed by atoms with Crippen molar-refractivity contribution in [2.24, 2.45) is 11.8 Å². The fraction of sp³-hybridized carbons (Fsp3) is 0.333. The highest BCUT2D eigenvalue weighted by atomic mass is 16.2. The molecule has 2 unspecified atom stereocenters. The summed E-state index contributed by atoms with van der Waals surface area (Å²) in [7, 11) is 3.94. The Kier molecular flexibility index (Phi) is 5.56. The van der Waals surface area contributed by atoms with Gasteiger partial charge in [-0.25, -0.2) is 0 Å². The maximum atomic E-state index is 12.3. The standard InChI is InChI=1S/C21H25N3O2/c1-24(2)17-10-8-16(9-11-17)23-21(26)19-14-18(19)20(25)22-13-12-15-6-4-3-5-7-15/h3-11,18-19H,12-14H2,1-2H3,(H,22,25)(H,23,26). The van der Waals surface area contributed by atoms with Gasteiger partial charge in [-0.1, -0.05) is 30.3 Å².